The molecule has 0 bridgehead atoms. The van der Waals surface area contributed by atoms with E-state index in [9.17, 15) is 13.2 Å². The Hall–Kier alpha value is -0.820. The third-order valence-electron chi connectivity index (χ3n) is 2.28. The summed E-state index contributed by atoms with van der Waals surface area (Å²) in [6.45, 7) is 7.58. The van der Waals surface area contributed by atoms with Gasteiger partial charge in [0.2, 0.25) is 0 Å². The summed E-state index contributed by atoms with van der Waals surface area (Å²) < 4.78 is 31.7. The van der Waals surface area contributed by atoms with Gasteiger partial charge in [0.1, 0.15) is 0 Å². The van der Waals surface area contributed by atoms with Crippen LogP contribution in [0.5, 0.6) is 0 Å². The van der Waals surface area contributed by atoms with Crippen LogP contribution in [-0.2, 0) is 14.9 Å². The standard InChI is InChI=1S/C10H22N2O4S/c1-5-9(6-2)7-11-17(14,15)12-10(13)16-8(3)4/h8-9,11H,5-7H2,1-4H3,(H,12,13). The van der Waals surface area contributed by atoms with Crippen LogP contribution in [-0.4, -0.2) is 27.2 Å². The molecular weight excluding hydrogens is 244 g/mol. The molecule has 0 saturated carbocycles. The van der Waals surface area contributed by atoms with Crippen LogP contribution in [0.4, 0.5) is 4.79 Å². The number of hydrogen-bond donors (Lipinski definition) is 2. The third kappa shape index (κ3) is 7.98. The summed E-state index contributed by atoms with van der Waals surface area (Å²) in [6, 6.07) is 0. The summed E-state index contributed by atoms with van der Waals surface area (Å²) in [5.74, 6) is 0.271. The summed E-state index contributed by atoms with van der Waals surface area (Å²) in [4.78, 5) is 11.1. The van der Waals surface area contributed by atoms with Crippen LogP contribution in [0, 0.1) is 5.92 Å². The molecule has 0 aliphatic carbocycles. The van der Waals surface area contributed by atoms with Crippen molar-refractivity contribution in [2.45, 2.75) is 46.6 Å². The highest BCUT2D eigenvalue weighted by Gasteiger charge is 2.17. The Morgan fingerprint density at radius 3 is 2.18 bits per heavy atom. The second-order valence-corrected chi connectivity index (χ2v) is 5.59. The van der Waals surface area contributed by atoms with Crippen molar-refractivity contribution < 1.29 is 17.9 Å². The zero-order valence-electron chi connectivity index (χ0n) is 10.8. The number of ether oxygens (including phenoxy) is 1. The molecule has 0 heterocycles. The van der Waals surface area contributed by atoms with Crippen molar-refractivity contribution in [1.29, 1.82) is 0 Å². The van der Waals surface area contributed by atoms with Crippen LogP contribution in [0.25, 0.3) is 0 Å². The van der Waals surface area contributed by atoms with E-state index in [0.29, 0.717) is 6.54 Å². The zero-order valence-corrected chi connectivity index (χ0v) is 11.6. The van der Waals surface area contributed by atoms with Crippen molar-refractivity contribution in [1.82, 2.24) is 9.44 Å². The maximum absolute atomic E-state index is 11.4. The van der Waals surface area contributed by atoms with Crippen molar-refractivity contribution in [2.75, 3.05) is 6.54 Å². The van der Waals surface area contributed by atoms with E-state index in [1.54, 1.807) is 18.6 Å². The average Bonchev–Trinajstić information content (AvgIpc) is 2.16. The van der Waals surface area contributed by atoms with Gasteiger partial charge in [-0.3, -0.25) is 0 Å². The maximum atomic E-state index is 11.4. The normalized spacial score (nSPS) is 11.9. The Bertz CT molecular complexity index is 323. The lowest BCUT2D eigenvalue weighted by molar-refractivity contribution is 0.121. The zero-order chi connectivity index (χ0) is 13.5. The second-order valence-electron chi connectivity index (χ2n) is 4.09. The topological polar surface area (TPSA) is 84.5 Å². The molecule has 17 heavy (non-hydrogen) atoms. The number of amides is 1. The first kappa shape index (κ1) is 16.2. The van der Waals surface area contributed by atoms with Gasteiger partial charge in [-0.25, -0.2) is 9.52 Å². The summed E-state index contributed by atoms with van der Waals surface area (Å²) in [6.07, 6.45) is 0.451. The molecule has 0 saturated heterocycles. The Labute approximate surface area is 103 Å². The van der Waals surface area contributed by atoms with Crippen LogP contribution in [0.2, 0.25) is 0 Å². The van der Waals surface area contributed by atoms with Crippen LogP contribution >= 0.6 is 0 Å². The minimum absolute atomic E-state index is 0.271. The van der Waals surface area contributed by atoms with Crippen molar-refractivity contribution in [3.05, 3.63) is 0 Å². The molecule has 2 N–H and O–H groups in total. The molecule has 7 heteroatoms. The minimum Gasteiger partial charge on any atom is -0.446 e. The molecule has 0 rings (SSSR count). The lowest BCUT2D eigenvalue weighted by atomic mass is 10.0. The molecule has 0 aromatic rings. The van der Waals surface area contributed by atoms with E-state index in [1.807, 2.05) is 13.8 Å². The van der Waals surface area contributed by atoms with Crippen LogP contribution in [0.3, 0.4) is 0 Å². The Balaban J connectivity index is 4.16. The summed E-state index contributed by atoms with van der Waals surface area (Å²) in [5.41, 5.74) is 0. The highest BCUT2D eigenvalue weighted by molar-refractivity contribution is 7.88. The summed E-state index contributed by atoms with van der Waals surface area (Å²) in [7, 11) is -3.82. The fourth-order valence-corrected chi connectivity index (χ4v) is 1.98. The van der Waals surface area contributed by atoms with Gasteiger partial charge in [0, 0.05) is 6.54 Å². The Morgan fingerprint density at radius 2 is 1.76 bits per heavy atom. The van der Waals surface area contributed by atoms with Crippen molar-refractivity contribution in [3.63, 3.8) is 0 Å². The number of rotatable bonds is 7. The van der Waals surface area contributed by atoms with E-state index in [-0.39, 0.29) is 12.0 Å². The molecular formula is C10H22N2O4S. The van der Waals surface area contributed by atoms with E-state index in [1.165, 1.54) is 0 Å². The molecule has 0 atom stereocenters. The Morgan fingerprint density at radius 1 is 1.24 bits per heavy atom. The van der Waals surface area contributed by atoms with E-state index in [2.05, 4.69) is 9.46 Å². The fourth-order valence-electron chi connectivity index (χ4n) is 1.19. The number of carbonyl (C=O) groups excluding carboxylic acids is 1. The molecule has 0 unspecified atom stereocenters. The largest absolute Gasteiger partial charge is 0.446 e. The van der Waals surface area contributed by atoms with Crippen molar-refractivity contribution in [3.8, 4) is 0 Å². The van der Waals surface area contributed by atoms with Crippen LogP contribution in [0.15, 0.2) is 0 Å². The first-order chi connectivity index (χ1) is 7.80. The smallest absolute Gasteiger partial charge is 0.422 e. The predicted octanol–water partition coefficient (Wildman–Crippen LogP) is 1.39. The molecule has 6 nitrogen and oxygen atoms in total. The molecule has 0 radical (unpaired) electrons. The molecule has 0 fully saturated rings. The average molecular weight is 266 g/mol. The molecule has 0 spiro atoms. The van der Waals surface area contributed by atoms with Gasteiger partial charge in [-0.2, -0.15) is 13.1 Å². The van der Waals surface area contributed by atoms with Gasteiger partial charge in [-0.05, 0) is 19.8 Å². The lowest BCUT2D eigenvalue weighted by Crippen LogP contribution is -2.42. The first-order valence-corrected chi connectivity index (χ1v) is 7.27. The van der Waals surface area contributed by atoms with E-state index < -0.39 is 16.3 Å². The molecule has 1 amide bonds. The number of carbonyl (C=O) groups is 1. The lowest BCUT2D eigenvalue weighted by Gasteiger charge is -2.14. The highest BCUT2D eigenvalue weighted by Crippen LogP contribution is 2.05. The second kappa shape index (κ2) is 7.50. The van der Waals surface area contributed by atoms with Gasteiger partial charge in [0.05, 0.1) is 6.10 Å². The third-order valence-corrected chi connectivity index (χ3v) is 3.26. The maximum Gasteiger partial charge on any atom is 0.422 e. The Kier molecular flexibility index (Phi) is 7.13. The summed E-state index contributed by atoms with van der Waals surface area (Å²) >= 11 is 0. The molecule has 102 valence electrons. The van der Waals surface area contributed by atoms with Crippen molar-refractivity contribution >= 4 is 16.3 Å². The van der Waals surface area contributed by atoms with Crippen LogP contribution in [0.1, 0.15) is 40.5 Å². The predicted molar refractivity (Wildman–Crippen MR) is 65.7 cm³/mol. The molecule has 0 aromatic carbocycles. The first-order valence-electron chi connectivity index (χ1n) is 5.78. The molecule has 0 aromatic heterocycles. The quantitative estimate of drug-likeness (QED) is 0.729. The molecule has 0 aliphatic heterocycles. The van der Waals surface area contributed by atoms with Gasteiger partial charge < -0.3 is 4.74 Å². The summed E-state index contributed by atoms with van der Waals surface area (Å²) in [5, 5.41) is 0. The van der Waals surface area contributed by atoms with E-state index in [0.717, 1.165) is 12.8 Å². The van der Waals surface area contributed by atoms with Crippen LogP contribution < -0.4 is 9.44 Å². The highest BCUT2D eigenvalue weighted by atomic mass is 32.2. The van der Waals surface area contributed by atoms with Gasteiger partial charge in [-0.15, -0.1) is 0 Å². The fraction of sp³-hybridized carbons (Fsp3) is 0.900. The SMILES string of the molecule is CCC(CC)CNS(=O)(=O)NC(=O)OC(C)C. The van der Waals surface area contributed by atoms with Crippen molar-refractivity contribution in [2.24, 2.45) is 5.92 Å². The minimum atomic E-state index is -3.82. The number of nitrogens with one attached hydrogen (secondary N) is 2. The molecule has 0 aliphatic rings. The van der Waals surface area contributed by atoms with Gasteiger partial charge >= 0.3 is 16.3 Å². The number of hydrogen-bond acceptors (Lipinski definition) is 4. The van der Waals surface area contributed by atoms with Gasteiger partial charge in [0.25, 0.3) is 0 Å². The van der Waals surface area contributed by atoms with Gasteiger partial charge in [-0.1, -0.05) is 26.7 Å². The van der Waals surface area contributed by atoms with Gasteiger partial charge in [0.15, 0.2) is 0 Å². The monoisotopic (exact) mass is 266 g/mol. The van der Waals surface area contributed by atoms with E-state index >= 15 is 0 Å². The van der Waals surface area contributed by atoms with E-state index in [4.69, 9.17) is 0 Å².